The highest BCUT2D eigenvalue weighted by Crippen LogP contribution is 2.16. The fourth-order valence-corrected chi connectivity index (χ4v) is 2.32. The quantitative estimate of drug-likeness (QED) is 0.616. The van der Waals surface area contributed by atoms with E-state index in [2.05, 4.69) is 6.07 Å². The molecule has 2 nitrogen and oxygen atoms in total. The maximum absolute atomic E-state index is 11.8. The first-order chi connectivity index (χ1) is 8.69. The number of nitrogens with zero attached hydrogens (tertiary/aromatic N) is 1. The molecule has 18 heavy (non-hydrogen) atoms. The Kier molecular flexibility index (Phi) is 3.71. The number of allylic oxidation sites excluding steroid dienone is 1. The zero-order valence-electron chi connectivity index (χ0n) is 9.88. The van der Waals surface area contributed by atoms with Gasteiger partial charge in [-0.25, -0.2) is 0 Å². The van der Waals surface area contributed by atoms with Gasteiger partial charge in [0.05, 0.1) is 16.5 Å². The third kappa shape index (κ3) is 2.93. The molecule has 0 saturated carbocycles. The molecule has 1 aromatic carbocycles. The molecule has 3 heteroatoms. The predicted octanol–water partition coefficient (Wildman–Crippen LogP) is 3.82. The number of carbonyl (C=O) groups is 1. The summed E-state index contributed by atoms with van der Waals surface area (Å²) in [6, 6.07) is 13.0. The topological polar surface area (TPSA) is 40.9 Å². The van der Waals surface area contributed by atoms with Crippen LogP contribution >= 0.6 is 11.3 Å². The van der Waals surface area contributed by atoms with Crippen LogP contribution in [0.3, 0.4) is 0 Å². The lowest BCUT2D eigenvalue weighted by atomic mass is 10.1. The molecule has 88 valence electrons. The van der Waals surface area contributed by atoms with E-state index in [1.807, 2.05) is 25.1 Å². The van der Waals surface area contributed by atoms with Gasteiger partial charge in [0.1, 0.15) is 0 Å². The van der Waals surface area contributed by atoms with Gasteiger partial charge >= 0.3 is 0 Å². The van der Waals surface area contributed by atoms with Crippen molar-refractivity contribution >= 4 is 23.2 Å². The van der Waals surface area contributed by atoms with Crippen molar-refractivity contribution in [2.45, 2.75) is 6.92 Å². The van der Waals surface area contributed by atoms with Crippen LogP contribution < -0.4 is 0 Å². The summed E-state index contributed by atoms with van der Waals surface area (Å²) in [5.74, 6) is -0.00420. The van der Waals surface area contributed by atoms with Crippen LogP contribution in [0.1, 0.15) is 25.7 Å². The monoisotopic (exact) mass is 253 g/mol. The molecule has 0 saturated heterocycles. The van der Waals surface area contributed by atoms with Crippen LogP contribution in [0.25, 0.3) is 6.08 Å². The SMILES string of the molecule is Cc1ccc(C(=O)/C=C/c2cccc(C#N)c2)s1. The van der Waals surface area contributed by atoms with Crippen molar-refractivity contribution < 1.29 is 4.79 Å². The number of ketones is 1. The Balaban J connectivity index is 2.16. The fourth-order valence-electron chi connectivity index (χ4n) is 1.53. The van der Waals surface area contributed by atoms with Gasteiger partial charge in [0.15, 0.2) is 5.78 Å². The van der Waals surface area contributed by atoms with Gasteiger partial charge in [-0.2, -0.15) is 5.26 Å². The van der Waals surface area contributed by atoms with E-state index in [1.165, 1.54) is 11.3 Å². The Morgan fingerprint density at radius 2 is 2.17 bits per heavy atom. The molecular formula is C15H11NOS. The molecule has 0 atom stereocenters. The second kappa shape index (κ2) is 5.44. The van der Waals surface area contributed by atoms with Crippen molar-refractivity contribution in [1.29, 1.82) is 5.26 Å². The second-order valence-electron chi connectivity index (χ2n) is 3.85. The highest BCUT2D eigenvalue weighted by Gasteiger charge is 2.03. The Morgan fingerprint density at radius 3 is 2.83 bits per heavy atom. The Bertz CT molecular complexity index is 647. The van der Waals surface area contributed by atoms with Crippen LogP contribution in [0, 0.1) is 18.3 Å². The molecule has 2 rings (SSSR count). The van der Waals surface area contributed by atoms with Gasteiger partial charge in [-0.1, -0.05) is 18.2 Å². The smallest absolute Gasteiger partial charge is 0.195 e. The van der Waals surface area contributed by atoms with Crippen molar-refractivity contribution in [2.75, 3.05) is 0 Å². The molecular weight excluding hydrogens is 242 g/mol. The second-order valence-corrected chi connectivity index (χ2v) is 5.13. The van der Waals surface area contributed by atoms with Crippen LogP contribution in [-0.2, 0) is 0 Å². The minimum atomic E-state index is -0.00420. The van der Waals surface area contributed by atoms with E-state index < -0.39 is 0 Å². The average molecular weight is 253 g/mol. The molecule has 2 aromatic rings. The van der Waals surface area contributed by atoms with Crippen molar-refractivity contribution in [3.05, 3.63) is 63.4 Å². The number of rotatable bonds is 3. The Labute approximate surface area is 110 Å². The Morgan fingerprint density at radius 1 is 1.33 bits per heavy atom. The van der Waals surface area contributed by atoms with Gasteiger partial charge < -0.3 is 0 Å². The number of hydrogen-bond donors (Lipinski definition) is 0. The number of carbonyl (C=O) groups excluding carboxylic acids is 1. The highest BCUT2D eigenvalue weighted by atomic mass is 32.1. The summed E-state index contributed by atoms with van der Waals surface area (Å²) in [6.07, 6.45) is 3.28. The average Bonchev–Trinajstić information content (AvgIpc) is 2.83. The fraction of sp³-hybridized carbons (Fsp3) is 0.0667. The van der Waals surface area contributed by atoms with Crippen LogP contribution in [0.2, 0.25) is 0 Å². The van der Waals surface area contributed by atoms with Crippen LogP contribution in [0.4, 0.5) is 0 Å². The van der Waals surface area contributed by atoms with Gasteiger partial charge in [0.2, 0.25) is 0 Å². The lowest BCUT2D eigenvalue weighted by molar-refractivity contribution is 0.105. The first-order valence-corrected chi connectivity index (χ1v) is 6.30. The van der Waals surface area contributed by atoms with E-state index in [0.717, 1.165) is 15.3 Å². The molecule has 0 amide bonds. The summed E-state index contributed by atoms with van der Waals surface area (Å²) < 4.78 is 0. The number of nitriles is 1. The highest BCUT2D eigenvalue weighted by molar-refractivity contribution is 7.14. The maximum atomic E-state index is 11.8. The predicted molar refractivity (Wildman–Crippen MR) is 73.6 cm³/mol. The van der Waals surface area contributed by atoms with Gasteiger partial charge in [0.25, 0.3) is 0 Å². The van der Waals surface area contributed by atoms with Gasteiger partial charge in [-0.3, -0.25) is 4.79 Å². The summed E-state index contributed by atoms with van der Waals surface area (Å²) in [4.78, 5) is 13.7. The number of thiophene rings is 1. The molecule has 0 radical (unpaired) electrons. The standard InChI is InChI=1S/C15H11NOS/c1-11-5-8-15(18-11)14(17)7-6-12-3-2-4-13(9-12)10-16/h2-9H,1H3/b7-6+. The molecule has 0 aliphatic heterocycles. The molecule has 0 fully saturated rings. The summed E-state index contributed by atoms with van der Waals surface area (Å²) in [5.41, 5.74) is 1.45. The van der Waals surface area contributed by atoms with E-state index >= 15 is 0 Å². The molecule has 0 unspecified atom stereocenters. The molecule has 0 spiro atoms. The lowest BCUT2D eigenvalue weighted by Gasteiger charge is -1.93. The van der Waals surface area contributed by atoms with Crippen molar-refractivity contribution in [1.82, 2.24) is 0 Å². The normalized spacial score (nSPS) is 10.4. The first kappa shape index (κ1) is 12.3. The van der Waals surface area contributed by atoms with E-state index in [0.29, 0.717) is 5.56 Å². The third-order valence-electron chi connectivity index (χ3n) is 2.43. The zero-order chi connectivity index (χ0) is 13.0. The largest absolute Gasteiger partial charge is 0.288 e. The zero-order valence-corrected chi connectivity index (χ0v) is 10.7. The van der Waals surface area contributed by atoms with E-state index in [9.17, 15) is 4.79 Å². The third-order valence-corrected chi connectivity index (χ3v) is 3.44. The number of hydrogen-bond acceptors (Lipinski definition) is 3. The molecule has 0 aliphatic rings. The van der Waals surface area contributed by atoms with Gasteiger partial charge in [-0.15, -0.1) is 11.3 Å². The number of aryl methyl sites for hydroxylation is 1. The van der Waals surface area contributed by atoms with Gasteiger partial charge in [0, 0.05) is 4.88 Å². The summed E-state index contributed by atoms with van der Waals surface area (Å²) in [7, 11) is 0. The summed E-state index contributed by atoms with van der Waals surface area (Å²) >= 11 is 1.49. The minimum Gasteiger partial charge on any atom is -0.288 e. The summed E-state index contributed by atoms with van der Waals surface area (Å²) in [5, 5.41) is 8.78. The molecule has 1 heterocycles. The van der Waals surface area contributed by atoms with Crippen LogP contribution in [0.15, 0.2) is 42.5 Å². The first-order valence-electron chi connectivity index (χ1n) is 5.48. The van der Waals surface area contributed by atoms with Crippen LogP contribution in [-0.4, -0.2) is 5.78 Å². The molecule has 0 N–H and O–H groups in total. The molecule has 1 aromatic heterocycles. The minimum absolute atomic E-state index is 0.00420. The Hall–Kier alpha value is -2.18. The van der Waals surface area contributed by atoms with E-state index in [1.54, 1.807) is 30.4 Å². The van der Waals surface area contributed by atoms with E-state index in [4.69, 9.17) is 5.26 Å². The van der Waals surface area contributed by atoms with Crippen molar-refractivity contribution in [3.8, 4) is 6.07 Å². The molecule has 0 aliphatic carbocycles. The molecule has 0 bridgehead atoms. The van der Waals surface area contributed by atoms with E-state index in [-0.39, 0.29) is 5.78 Å². The van der Waals surface area contributed by atoms with Gasteiger partial charge in [-0.05, 0) is 42.8 Å². The maximum Gasteiger partial charge on any atom is 0.195 e. The lowest BCUT2D eigenvalue weighted by Crippen LogP contribution is -1.88. The van der Waals surface area contributed by atoms with Crippen molar-refractivity contribution in [2.24, 2.45) is 0 Å². The number of benzene rings is 1. The summed E-state index contributed by atoms with van der Waals surface area (Å²) in [6.45, 7) is 1.97. The van der Waals surface area contributed by atoms with Crippen LogP contribution in [0.5, 0.6) is 0 Å². The van der Waals surface area contributed by atoms with Crippen molar-refractivity contribution in [3.63, 3.8) is 0 Å².